The number of halogens is 3. The van der Waals surface area contributed by atoms with E-state index in [9.17, 15) is 13.6 Å². The van der Waals surface area contributed by atoms with Crippen LogP contribution in [0.1, 0.15) is 47.3 Å². The van der Waals surface area contributed by atoms with Gasteiger partial charge in [0.05, 0.1) is 16.8 Å². The molecule has 0 radical (unpaired) electrons. The number of aromatic nitrogens is 1. The zero-order valence-corrected chi connectivity index (χ0v) is 16.2. The Kier molecular flexibility index (Phi) is 4.91. The monoisotopic (exact) mass is 403 g/mol. The number of fused-ring (bicyclic) bond motifs is 1. The minimum absolute atomic E-state index is 0.0744. The summed E-state index contributed by atoms with van der Waals surface area (Å²) >= 11 is 6.29. The van der Waals surface area contributed by atoms with Gasteiger partial charge in [0.25, 0.3) is 0 Å². The fourth-order valence-electron chi connectivity index (χ4n) is 3.86. The zero-order chi connectivity index (χ0) is 19.9. The van der Waals surface area contributed by atoms with E-state index in [-0.39, 0.29) is 29.7 Å². The molecule has 0 unspecified atom stereocenters. The summed E-state index contributed by atoms with van der Waals surface area (Å²) in [5.41, 5.74) is 3.79. The fraction of sp³-hybridized carbons (Fsp3) is 0.381. The Morgan fingerprint density at radius 1 is 1.25 bits per heavy atom. The summed E-state index contributed by atoms with van der Waals surface area (Å²) in [6.45, 7) is 0. The Hall–Kier alpha value is -2.34. The van der Waals surface area contributed by atoms with Crippen LogP contribution in [0.15, 0.2) is 35.3 Å². The van der Waals surface area contributed by atoms with E-state index in [1.54, 1.807) is 19.2 Å². The number of rotatable bonds is 5. The Morgan fingerprint density at radius 2 is 2.00 bits per heavy atom. The van der Waals surface area contributed by atoms with Crippen molar-refractivity contribution in [1.29, 1.82) is 0 Å². The highest BCUT2D eigenvalue weighted by molar-refractivity contribution is 6.57. The van der Waals surface area contributed by atoms with E-state index < -0.39 is 5.92 Å². The standard InChI is InChI=1S/C21H20ClF2N3O/c1-25-15-3-2-4-16-17(15)18(27-16)19(28)14-6-5-13(26-20(14)22)11-12-7-9-21(23,24)10-8-12/h2-6,12,25H,7-11H2,1H3. The molecule has 0 saturated heterocycles. The van der Waals surface area contributed by atoms with Gasteiger partial charge in [0.1, 0.15) is 10.9 Å². The molecule has 1 aromatic heterocycles. The maximum atomic E-state index is 13.3. The van der Waals surface area contributed by atoms with Gasteiger partial charge in [0, 0.05) is 31.3 Å². The van der Waals surface area contributed by atoms with Crippen LogP contribution in [-0.4, -0.2) is 29.4 Å². The van der Waals surface area contributed by atoms with Gasteiger partial charge in [0.15, 0.2) is 0 Å². The average Bonchev–Trinajstić information content (AvgIpc) is 2.64. The molecule has 1 fully saturated rings. The number of hydrogen-bond acceptors (Lipinski definition) is 4. The molecule has 0 spiro atoms. The van der Waals surface area contributed by atoms with Crippen molar-refractivity contribution in [2.45, 2.75) is 38.0 Å². The molecule has 2 aromatic rings. The van der Waals surface area contributed by atoms with Gasteiger partial charge in [-0.2, -0.15) is 0 Å². The third kappa shape index (κ3) is 3.53. The lowest BCUT2D eigenvalue weighted by molar-refractivity contribution is -0.0457. The van der Waals surface area contributed by atoms with Crippen LogP contribution in [-0.2, 0) is 6.42 Å². The van der Waals surface area contributed by atoms with Gasteiger partial charge < -0.3 is 5.32 Å². The van der Waals surface area contributed by atoms with Crippen LogP contribution in [0.2, 0.25) is 5.15 Å². The Bertz CT molecular complexity index is 964. The van der Waals surface area contributed by atoms with Gasteiger partial charge in [-0.15, -0.1) is 0 Å². The second kappa shape index (κ2) is 7.24. The van der Waals surface area contributed by atoms with Gasteiger partial charge in [-0.05, 0) is 49.4 Å². The number of carbonyl (C=O) groups excluding carboxylic acids is 1. The summed E-state index contributed by atoms with van der Waals surface area (Å²) in [6, 6.07) is 9.03. The topological polar surface area (TPSA) is 54.4 Å². The number of benzene rings is 1. The molecular formula is C21H20ClF2N3O. The first kappa shape index (κ1) is 19.0. The third-order valence-electron chi connectivity index (χ3n) is 5.48. The van der Waals surface area contributed by atoms with E-state index >= 15 is 0 Å². The van der Waals surface area contributed by atoms with E-state index in [1.807, 2.05) is 18.2 Å². The van der Waals surface area contributed by atoms with E-state index in [4.69, 9.17) is 11.6 Å². The smallest absolute Gasteiger partial charge is 0.248 e. The van der Waals surface area contributed by atoms with Gasteiger partial charge in [-0.25, -0.2) is 18.8 Å². The van der Waals surface area contributed by atoms with Crippen molar-refractivity contribution in [2.24, 2.45) is 10.9 Å². The maximum Gasteiger partial charge on any atom is 0.248 e. The van der Waals surface area contributed by atoms with Crippen molar-refractivity contribution >= 4 is 34.5 Å². The van der Waals surface area contributed by atoms with Crippen LogP contribution in [0.5, 0.6) is 0 Å². The fourth-order valence-corrected chi connectivity index (χ4v) is 4.12. The molecule has 4 nitrogen and oxygen atoms in total. The van der Waals surface area contributed by atoms with E-state index in [0.29, 0.717) is 30.5 Å². The summed E-state index contributed by atoms with van der Waals surface area (Å²) < 4.78 is 26.6. The molecular weight excluding hydrogens is 384 g/mol. The second-order valence-corrected chi connectivity index (χ2v) is 7.74. The Morgan fingerprint density at radius 3 is 2.68 bits per heavy atom. The number of nitrogens with zero attached hydrogens (tertiary/aromatic N) is 2. The van der Waals surface area contributed by atoms with Crippen molar-refractivity contribution in [3.8, 4) is 0 Å². The summed E-state index contributed by atoms with van der Waals surface area (Å²) in [5, 5.41) is 3.19. The molecule has 4 rings (SSSR count). The predicted molar refractivity (Wildman–Crippen MR) is 106 cm³/mol. The van der Waals surface area contributed by atoms with Crippen molar-refractivity contribution in [3.05, 3.63) is 52.3 Å². The molecule has 2 aliphatic rings. The van der Waals surface area contributed by atoms with Crippen LogP contribution in [0, 0.1) is 5.92 Å². The Labute approximate surface area is 167 Å². The number of ketones is 1. The highest BCUT2D eigenvalue weighted by atomic mass is 35.5. The number of hydrogen-bond donors (Lipinski definition) is 1. The summed E-state index contributed by atoms with van der Waals surface area (Å²) in [7, 11) is 1.79. The summed E-state index contributed by atoms with van der Waals surface area (Å²) in [6.07, 6.45) is 1.41. The molecule has 1 saturated carbocycles. The van der Waals surface area contributed by atoms with Crippen LogP contribution < -0.4 is 5.32 Å². The summed E-state index contributed by atoms with van der Waals surface area (Å²) in [4.78, 5) is 21.5. The molecule has 2 heterocycles. The number of carbonyl (C=O) groups is 1. The quantitative estimate of drug-likeness (QED) is 0.532. The highest BCUT2D eigenvalue weighted by Gasteiger charge is 2.35. The lowest BCUT2D eigenvalue weighted by Gasteiger charge is -2.28. The molecule has 146 valence electrons. The zero-order valence-electron chi connectivity index (χ0n) is 15.4. The first-order chi connectivity index (χ1) is 13.4. The average molecular weight is 404 g/mol. The van der Waals surface area contributed by atoms with Crippen molar-refractivity contribution < 1.29 is 13.6 Å². The first-order valence-corrected chi connectivity index (χ1v) is 9.73. The molecule has 0 atom stereocenters. The maximum absolute atomic E-state index is 13.3. The van der Waals surface area contributed by atoms with Crippen molar-refractivity contribution in [2.75, 3.05) is 12.4 Å². The highest BCUT2D eigenvalue weighted by Crippen LogP contribution is 2.38. The molecule has 0 bridgehead atoms. The van der Waals surface area contributed by atoms with Crippen LogP contribution in [0.3, 0.4) is 0 Å². The normalized spacial score (nSPS) is 18.1. The van der Waals surface area contributed by atoms with Crippen molar-refractivity contribution in [1.82, 2.24) is 4.98 Å². The van der Waals surface area contributed by atoms with Gasteiger partial charge in [-0.3, -0.25) is 4.79 Å². The predicted octanol–water partition coefficient (Wildman–Crippen LogP) is 5.46. The molecule has 28 heavy (non-hydrogen) atoms. The van der Waals surface area contributed by atoms with Gasteiger partial charge >= 0.3 is 0 Å². The molecule has 1 aliphatic heterocycles. The Balaban J connectivity index is 1.49. The number of anilines is 1. The number of nitrogens with one attached hydrogen (secondary N) is 1. The number of Topliss-reactive ketones (excluding diaryl/α,β-unsaturated/α-hetero) is 1. The molecule has 0 amide bonds. The minimum Gasteiger partial charge on any atom is -0.388 e. The van der Waals surface area contributed by atoms with Gasteiger partial charge in [0.2, 0.25) is 11.7 Å². The second-order valence-electron chi connectivity index (χ2n) is 7.38. The lowest BCUT2D eigenvalue weighted by Crippen LogP contribution is -2.26. The first-order valence-electron chi connectivity index (χ1n) is 9.36. The molecule has 1 N–H and O–H groups in total. The number of aliphatic imine (C=N–C) groups is 1. The largest absolute Gasteiger partial charge is 0.388 e. The number of alkyl halides is 2. The van der Waals surface area contributed by atoms with E-state index in [1.165, 1.54) is 0 Å². The molecule has 1 aromatic carbocycles. The van der Waals surface area contributed by atoms with Crippen molar-refractivity contribution in [3.63, 3.8) is 0 Å². The van der Waals surface area contributed by atoms with E-state index in [0.717, 1.165) is 22.6 Å². The minimum atomic E-state index is -2.54. The van der Waals surface area contributed by atoms with Gasteiger partial charge in [-0.1, -0.05) is 17.7 Å². The molecule has 7 heteroatoms. The summed E-state index contributed by atoms with van der Waals surface area (Å²) in [5.74, 6) is -2.63. The lowest BCUT2D eigenvalue weighted by atomic mass is 9.84. The van der Waals surface area contributed by atoms with Crippen LogP contribution in [0.4, 0.5) is 20.2 Å². The SMILES string of the molecule is CNc1cccc2c1C(C(=O)c1ccc(CC3CCC(F)(F)CC3)nc1Cl)=N2. The third-order valence-corrected chi connectivity index (χ3v) is 5.77. The number of pyridine rings is 1. The van der Waals surface area contributed by atoms with Crippen LogP contribution >= 0.6 is 11.6 Å². The van der Waals surface area contributed by atoms with E-state index in [2.05, 4.69) is 15.3 Å². The molecule has 1 aliphatic carbocycles. The van der Waals surface area contributed by atoms with Crippen LogP contribution in [0.25, 0.3) is 0 Å².